The highest BCUT2D eigenvalue weighted by Gasteiger charge is 2.12. The fraction of sp³-hybridized carbons (Fsp3) is 0.167. The van der Waals surface area contributed by atoms with Gasteiger partial charge in [0.05, 0.1) is 20.5 Å². The number of nitrogens with one attached hydrogen (secondary N) is 1. The third kappa shape index (κ3) is 2.91. The van der Waals surface area contributed by atoms with Gasteiger partial charge < -0.3 is 5.32 Å². The van der Waals surface area contributed by atoms with Crippen molar-refractivity contribution in [3.05, 3.63) is 43.3 Å². The van der Waals surface area contributed by atoms with Gasteiger partial charge in [-0.25, -0.2) is 4.98 Å². The lowest BCUT2D eigenvalue weighted by Crippen LogP contribution is -2.10. The van der Waals surface area contributed by atoms with Crippen molar-refractivity contribution >= 4 is 50.5 Å². The number of thiophene rings is 1. The van der Waals surface area contributed by atoms with Gasteiger partial charge in [0.15, 0.2) is 0 Å². The van der Waals surface area contributed by atoms with Crippen molar-refractivity contribution in [1.29, 1.82) is 0 Å². The van der Waals surface area contributed by atoms with Gasteiger partial charge in [0.25, 0.3) is 5.91 Å². The second kappa shape index (κ2) is 5.38. The average Bonchev–Trinajstić information content (AvgIpc) is 2.65. The van der Waals surface area contributed by atoms with Crippen LogP contribution in [0.4, 0.5) is 5.69 Å². The van der Waals surface area contributed by atoms with Crippen LogP contribution in [0.1, 0.15) is 20.8 Å². The molecule has 0 aliphatic heterocycles. The number of rotatable bonds is 2. The molecule has 0 spiro atoms. The predicted molar refractivity (Wildman–Crippen MR) is 78.7 cm³/mol. The highest BCUT2D eigenvalue weighted by atomic mass is 79.9. The van der Waals surface area contributed by atoms with E-state index in [1.165, 1.54) is 11.3 Å². The maximum absolute atomic E-state index is 12.0. The molecular weight excluding hydrogens is 336 g/mol. The van der Waals surface area contributed by atoms with Gasteiger partial charge in [0.2, 0.25) is 0 Å². The van der Waals surface area contributed by atoms with Crippen LogP contribution in [0.3, 0.4) is 0 Å². The molecular formula is C12H10BrClN2OS. The van der Waals surface area contributed by atoms with Gasteiger partial charge in [-0.2, -0.15) is 0 Å². The first kappa shape index (κ1) is 13.5. The van der Waals surface area contributed by atoms with Crippen LogP contribution in [-0.2, 0) is 0 Å². The number of hydrogen-bond donors (Lipinski definition) is 1. The number of amides is 1. The van der Waals surface area contributed by atoms with Crippen LogP contribution in [0.2, 0.25) is 5.15 Å². The molecule has 0 aliphatic rings. The molecule has 0 saturated heterocycles. The number of nitrogens with zero attached hydrogens (tertiary/aromatic N) is 1. The molecule has 0 atom stereocenters. The Kier molecular flexibility index (Phi) is 4.04. The molecule has 0 unspecified atom stereocenters. The van der Waals surface area contributed by atoms with Crippen LogP contribution in [-0.4, -0.2) is 10.9 Å². The molecule has 1 N–H and O–H groups in total. The van der Waals surface area contributed by atoms with Gasteiger partial charge in [0, 0.05) is 0 Å². The van der Waals surface area contributed by atoms with Crippen molar-refractivity contribution in [1.82, 2.24) is 4.98 Å². The van der Waals surface area contributed by atoms with E-state index in [9.17, 15) is 4.79 Å². The molecule has 3 nitrogen and oxygen atoms in total. The van der Waals surface area contributed by atoms with Crippen LogP contribution in [0, 0.1) is 13.8 Å². The summed E-state index contributed by atoms with van der Waals surface area (Å²) >= 11 is 10.6. The molecule has 0 aromatic carbocycles. The van der Waals surface area contributed by atoms with Crippen LogP contribution >= 0.6 is 38.9 Å². The molecule has 2 aromatic rings. The molecule has 2 heterocycles. The Morgan fingerprint density at radius 3 is 2.67 bits per heavy atom. The number of anilines is 1. The Balaban J connectivity index is 2.18. The van der Waals surface area contributed by atoms with E-state index in [0.29, 0.717) is 15.7 Å². The molecule has 2 aromatic heterocycles. The van der Waals surface area contributed by atoms with Crippen molar-refractivity contribution in [2.24, 2.45) is 0 Å². The van der Waals surface area contributed by atoms with Crippen molar-refractivity contribution in [3.63, 3.8) is 0 Å². The maximum Gasteiger partial charge on any atom is 0.265 e. The number of aryl methyl sites for hydroxylation is 2. The largest absolute Gasteiger partial charge is 0.320 e. The van der Waals surface area contributed by atoms with Gasteiger partial charge >= 0.3 is 0 Å². The van der Waals surface area contributed by atoms with Gasteiger partial charge in [-0.3, -0.25) is 4.79 Å². The van der Waals surface area contributed by atoms with Gasteiger partial charge in [-0.05, 0) is 53.0 Å². The first-order valence-corrected chi connectivity index (χ1v) is 7.15. The van der Waals surface area contributed by atoms with Crippen molar-refractivity contribution < 1.29 is 4.79 Å². The number of aromatic nitrogens is 1. The van der Waals surface area contributed by atoms with Crippen molar-refractivity contribution in [2.45, 2.75) is 13.8 Å². The lowest BCUT2D eigenvalue weighted by Gasteiger charge is -2.04. The van der Waals surface area contributed by atoms with Crippen LogP contribution in [0.5, 0.6) is 0 Å². The summed E-state index contributed by atoms with van der Waals surface area (Å²) in [5.74, 6) is -0.141. The Bertz CT molecular complexity index is 593. The number of halogens is 2. The quantitative estimate of drug-likeness (QED) is 0.818. The highest BCUT2D eigenvalue weighted by Crippen LogP contribution is 2.28. The van der Waals surface area contributed by atoms with E-state index >= 15 is 0 Å². The van der Waals surface area contributed by atoms with Crippen molar-refractivity contribution in [2.75, 3.05) is 5.32 Å². The predicted octanol–water partition coefficient (Wildman–Crippen LogP) is 4.43. The lowest BCUT2D eigenvalue weighted by molar-refractivity contribution is 0.103. The van der Waals surface area contributed by atoms with Crippen LogP contribution in [0.15, 0.2) is 22.1 Å². The standard InChI is InChI=1S/C12H10BrClN2OS/c1-6-4-9(18-10(6)13)12(17)16-8-3-7(2)11(14)15-5-8/h3-5H,1-2H3,(H,16,17). The van der Waals surface area contributed by atoms with E-state index in [1.807, 2.05) is 19.9 Å². The third-order valence-corrected chi connectivity index (χ3v) is 4.88. The topological polar surface area (TPSA) is 42.0 Å². The molecule has 0 aliphatic carbocycles. The van der Waals surface area contributed by atoms with Gasteiger partial charge in [0.1, 0.15) is 5.15 Å². The number of carbonyl (C=O) groups excluding carboxylic acids is 1. The smallest absolute Gasteiger partial charge is 0.265 e. The molecule has 18 heavy (non-hydrogen) atoms. The fourth-order valence-electron chi connectivity index (χ4n) is 1.39. The van der Waals surface area contributed by atoms with E-state index < -0.39 is 0 Å². The minimum Gasteiger partial charge on any atom is -0.320 e. The first-order valence-electron chi connectivity index (χ1n) is 5.17. The summed E-state index contributed by atoms with van der Waals surface area (Å²) in [5, 5.41) is 3.24. The van der Waals surface area contributed by atoms with E-state index in [1.54, 1.807) is 12.3 Å². The maximum atomic E-state index is 12.0. The molecule has 0 saturated carbocycles. The molecule has 6 heteroatoms. The van der Waals surface area contributed by atoms with E-state index in [0.717, 1.165) is 14.9 Å². The molecule has 2 rings (SSSR count). The summed E-state index contributed by atoms with van der Waals surface area (Å²) in [6.07, 6.45) is 1.54. The van der Waals surface area contributed by atoms with Gasteiger partial charge in [-0.1, -0.05) is 11.6 Å². The Hall–Kier alpha value is -0.910. The number of hydrogen-bond acceptors (Lipinski definition) is 3. The monoisotopic (exact) mass is 344 g/mol. The molecule has 0 fully saturated rings. The number of pyridine rings is 1. The summed E-state index contributed by atoms with van der Waals surface area (Å²) in [7, 11) is 0. The zero-order valence-corrected chi connectivity index (χ0v) is 12.9. The molecule has 1 amide bonds. The van der Waals surface area contributed by atoms with E-state index in [-0.39, 0.29) is 5.91 Å². The Morgan fingerprint density at radius 1 is 1.39 bits per heavy atom. The van der Waals surface area contributed by atoms with Crippen LogP contribution in [0.25, 0.3) is 0 Å². The van der Waals surface area contributed by atoms with Crippen molar-refractivity contribution in [3.8, 4) is 0 Å². The summed E-state index contributed by atoms with van der Waals surface area (Å²) in [6, 6.07) is 3.64. The second-order valence-electron chi connectivity index (χ2n) is 3.85. The fourth-order valence-corrected chi connectivity index (χ4v) is 2.92. The minimum atomic E-state index is -0.141. The minimum absolute atomic E-state index is 0.141. The summed E-state index contributed by atoms with van der Waals surface area (Å²) in [6.45, 7) is 3.79. The van der Waals surface area contributed by atoms with Crippen LogP contribution < -0.4 is 5.32 Å². The average molecular weight is 346 g/mol. The highest BCUT2D eigenvalue weighted by molar-refractivity contribution is 9.11. The molecule has 0 bridgehead atoms. The van der Waals surface area contributed by atoms with E-state index in [4.69, 9.17) is 11.6 Å². The SMILES string of the molecule is Cc1cc(NC(=O)c2cc(C)c(Br)s2)cnc1Cl. The molecule has 94 valence electrons. The lowest BCUT2D eigenvalue weighted by atomic mass is 10.3. The second-order valence-corrected chi connectivity index (χ2v) is 6.58. The summed E-state index contributed by atoms with van der Waals surface area (Å²) < 4.78 is 0.970. The normalized spacial score (nSPS) is 10.4. The zero-order valence-electron chi connectivity index (χ0n) is 9.75. The van der Waals surface area contributed by atoms with E-state index in [2.05, 4.69) is 26.2 Å². The number of carbonyl (C=O) groups is 1. The Morgan fingerprint density at radius 2 is 2.11 bits per heavy atom. The third-order valence-electron chi connectivity index (χ3n) is 2.35. The zero-order chi connectivity index (χ0) is 13.3. The summed E-state index contributed by atoms with van der Waals surface area (Å²) in [5.41, 5.74) is 2.53. The Labute approximate surface area is 122 Å². The first-order chi connectivity index (χ1) is 8.47. The van der Waals surface area contributed by atoms with Gasteiger partial charge in [-0.15, -0.1) is 11.3 Å². The summed E-state index contributed by atoms with van der Waals surface area (Å²) in [4.78, 5) is 16.6. The molecule has 0 radical (unpaired) electrons.